The van der Waals surface area contributed by atoms with Gasteiger partial charge in [0.15, 0.2) is 0 Å². The Morgan fingerprint density at radius 1 is 0.344 bits per heavy atom. The summed E-state index contributed by atoms with van der Waals surface area (Å²) in [4.78, 5) is 5.38. The number of benzene rings is 8. The third-order valence-corrected chi connectivity index (χ3v) is 16.3. The van der Waals surface area contributed by atoms with Crippen molar-refractivity contribution in [3.8, 4) is 22.3 Å². The van der Waals surface area contributed by atoms with Gasteiger partial charge in [0.1, 0.15) is 0 Å². The fourth-order valence-electron chi connectivity index (χ4n) is 13.8. The van der Waals surface area contributed by atoms with Gasteiger partial charge in [-0.05, 0) is 132 Å². The van der Waals surface area contributed by atoms with Crippen LogP contribution < -0.4 is 42.6 Å². The fourth-order valence-corrected chi connectivity index (χ4v) is 13.8. The van der Waals surface area contributed by atoms with Gasteiger partial charge in [-0.2, -0.15) is 0 Å². The topological polar surface area (TPSA) is 6.48 Å². The van der Waals surface area contributed by atoms with Crippen LogP contribution in [0, 0.1) is 41.5 Å². The summed E-state index contributed by atoms with van der Waals surface area (Å²) >= 11 is 0. The van der Waals surface area contributed by atoms with Crippen molar-refractivity contribution in [1.82, 2.24) is 0 Å². The summed E-state index contributed by atoms with van der Waals surface area (Å²) in [5, 5.41) is 0. The molecule has 308 valence electrons. The number of hydrogen-bond acceptors (Lipinski definition) is 2. The van der Waals surface area contributed by atoms with Gasteiger partial charge in [0, 0.05) is 22.2 Å². The minimum absolute atomic E-state index is 0.0519. The molecule has 8 aromatic carbocycles. The van der Waals surface area contributed by atoms with Gasteiger partial charge >= 0.3 is 0 Å². The molecule has 13 rings (SSSR count). The van der Waals surface area contributed by atoms with E-state index in [0.717, 1.165) is 0 Å². The van der Waals surface area contributed by atoms with Crippen molar-refractivity contribution in [3.05, 3.63) is 189 Å². The Morgan fingerprint density at radius 3 is 1.11 bits per heavy atom. The molecule has 64 heavy (non-hydrogen) atoms. The molecule has 2 nitrogen and oxygen atoms in total. The molecule has 3 aliphatic heterocycles. The lowest BCUT2D eigenvalue weighted by Gasteiger charge is -2.49. The highest BCUT2D eigenvalue weighted by molar-refractivity contribution is 7.00. The summed E-state index contributed by atoms with van der Waals surface area (Å²) in [5.74, 6) is 0. The molecular weight excluding hydrogens is 770 g/mol. The van der Waals surface area contributed by atoms with Crippen molar-refractivity contribution in [2.45, 2.75) is 80.1 Å². The highest BCUT2D eigenvalue weighted by atomic mass is 15.3. The van der Waals surface area contributed by atoms with E-state index in [2.05, 4.69) is 212 Å². The first-order valence-electron chi connectivity index (χ1n) is 23.3. The number of rotatable bonds is 2. The lowest BCUT2D eigenvalue weighted by molar-refractivity contribution is 0.660. The molecule has 0 bridgehead atoms. The molecule has 0 N–H and O–H groups in total. The number of aryl methyl sites for hydroxylation is 6. The van der Waals surface area contributed by atoms with Gasteiger partial charge in [-0.3, -0.25) is 0 Å². The molecule has 5 aliphatic rings. The van der Waals surface area contributed by atoms with Crippen LogP contribution in [0.1, 0.15) is 83.3 Å². The molecule has 0 unspecified atom stereocenters. The predicted molar refractivity (Wildman–Crippen MR) is 275 cm³/mol. The number of anilines is 6. The molecule has 4 heteroatoms. The van der Waals surface area contributed by atoms with Gasteiger partial charge in [0.05, 0.1) is 22.7 Å². The molecule has 2 aliphatic carbocycles. The van der Waals surface area contributed by atoms with E-state index in [1.165, 1.54) is 145 Å². The largest absolute Gasteiger partial charge is 0.307 e. The zero-order valence-electron chi connectivity index (χ0n) is 38.8. The van der Waals surface area contributed by atoms with Crippen molar-refractivity contribution in [2.75, 3.05) is 9.80 Å². The molecule has 0 saturated carbocycles. The maximum atomic E-state index is 2.69. The first-order chi connectivity index (χ1) is 30.8. The van der Waals surface area contributed by atoms with Crippen LogP contribution in [0.25, 0.3) is 22.3 Å². The SMILES string of the molecule is Cc1cc(C)c(B2c3cc4c(cc3N3c5cccc6c5N(c5cc7c(cc5B6c5c(C)cc(C)cc5C)-c5ccccc5C7(C)C)c5cccc2c53)C(C)(C)c2ccccc2-4)c(C)c1. The van der Waals surface area contributed by atoms with E-state index >= 15 is 0 Å². The zero-order valence-corrected chi connectivity index (χ0v) is 38.8. The zero-order chi connectivity index (χ0) is 43.9. The summed E-state index contributed by atoms with van der Waals surface area (Å²) in [6, 6.07) is 52.6. The van der Waals surface area contributed by atoms with E-state index in [0.29, 0.717) is 0 Å². The van der Waals surface area contributed by atoms with Crippen LogP contribution in [0.3, 0.4) is 0 Å². The van der Waals surface area contributed by atoms with E-state index in [1.807, 2.05) is 0 Å². The average molecular weight is 823 g/mol. The smallest absolute Gasteiger partial charge is 0.247 e. The second kappa shape index (κ2) is 12.6. The molecule has 0 saturated heterocycles. The molecule has 0 amide bonds. The molecule has 0 radical (unpaired) electrons. The highest BCUT2D eigenvalue weighted by Crippen LogP contribution is 2.58. The first-order valence-corrected chi connectivity index (χ1v) is 23.3. The van der Waals surface area contributed by atoms with E-state index in [-0.39, 0.29) is 24.3 Å². The summed E-state index contributed by atoms with van der Waals surface area (Å²) < 4.78 is 0. The molecule has 3 heterocycles. The van der Waals surface area contributed by atoms with Gasteiger partial charge < -0.3 is 9.80 Å². The Hall–Kier alpha value is -6.51. The van der Waals surface area contributed by atoms with Gasteiger partial charge in [-0.25, -0.2) is 0 Å². The van der Waals surface area contributed by atoms with E-state index in [1.54, 1.807) is 0 Å². The summed E-state index contributed by atoms with van der Waals surface area (Å²) in [7, 11) is 0. The van der Waals surface area contributed by atoms with Crippen LogP contribution in [0.2, 0.25) is 0 Å². The number of hydrogen-bond donors (Lipinski definition) is 0. The quantitative estimate of drug-likeness (QED) is 0.160. The standard InChI is InChI=1S/C60H52B2N2/c1-33-25-35(3)55(36(4)26-33)61-47-21-15-23-51-57(47)63(53-31-45-41(29-49(53)61)39-17-11-13-19-43(39)59(45,7)8)52-24-16-22-48-58(52)64(51)54-32-46-42(40-18-12-14-20-44(40)60(46,9)10)30-50(54)62(48)56-37(5)27-34(2)28-38(56)6/h11-32H,1-10H3. The fraction of sp³-hybridized carbons (Fsp3) is 0.200. The number of para-hydroxylation sites is 2. The maximum Gasteiger partial charge on any atom is 0.247 e. The van der Waals surface area contributed by atoms with Crippen LogP contribution in [0.15, 0.2) is 133 Å². The normalized spacial score (nSPS) is 15.8. The van der Waals surface area contributed by atoms with Crippen LogP contribution in [-0.4, -0.2) is 13.4 Å². The summed E-state index contributed by atoms with van der Waals surface area (Å²) in [5.41, 5.74) is 34.9. The lowest BCUT2D eigenvalue weighted by atomic mass is 9.33. The Bertz CT molecular complexity index is 3170. The van der Waals surface area contributed by atoms with Crippen LogP contribution >= 0.6 is 0 Å². The van der Waals surface area contributed by atoms with Crippen molar-refractivity contribution in [2.24, 2.45) is 0 Å². The average Bonchev–Trinajstić information content (AvgIpc) is 3.62. The van der Waals surface area contributed by atoms with E-state index < -0.39 is 0 Å². The first kappa shape index (κ1) is 38.0. The van der Waals surface area contributed by atoms with Gasteiger partial charge in [-0.1, -0.05) is 181 Å². The molecular formula is C60H52B2N2. The molecule has 0 spiro atoms. The number of nitrogens with zero attached hydrogens (tertiary/aromatic N) is 2. The summed E-state index contributed by atoms with van der Waals surface area (Å²) in [6.07, 6.45) is 0. The Balaban J connectivity index is 1.16. The van der Waals surface area contributed by atoms with Crippen LogP contribution in [-0.2, 0) is 10.8 Å². The molecule has 0 aromatic heterocycles. The third-order valence-electron chi connectivity index (χ3n) is 16.3. The minimum atomic E-state index is -0.140. The van der Waals surface area contributed by atoms with Crippen LogP contribution in [0.4, 0.5) is 34.1 Å². The molecule has 0 atom stereocenters. The van der Waals surface area contributed by atoms with Crippen molar-refractivity contribution < 1.29 is 0 Å². The second-order valence-corrected chi connectivity index (χ2v) is 20.8. The third kappa shape index (κ3) is 4.69. The van der Waals surface area contributed by atoms with Crippen molar-refractivity contribution >= 4 is 80.3 Å². The Labute approximate surface area is 379 Å². The number of fused-ring (bicyclic) bond motifs is 12. The predicted octanol–water partition coefficient (Wildman–Crippen LogP) is 11.1. The van der Waals surface area contributed by atoms with Gasteiger partial charge in [-0.15, -0.1) is 0 Å². The Morgan fingerprint density at radius 2 is 0.719 bits per heavy atom. The lowest BCUT2D eigenvalue weighted by Crippen LogP contribution is -2.62. The Kier molecular flexibility index (Phi) is 7.48. The van der Waals surface area contributed by atoms with Crippen LogP contribution in [0.5, 0.6) is 0 Å². The maximum absolute atomic E-state index is 2.69. The van der Waals surface area contributed by atoms with E-state index in [4.69, 9.17) is 0 Å². The van der Waals surface area contributed by atoms with Crippen molar-refractivity contribution in [1.29, 1.82) is 0 Å². The van der Waals surface area contributed by atoms with Gasteiger partial charge in [0.25, 0.3) is 0 Å². The minimum Gasteiger partial charge on any atom is -0.307 e. The summed E-state index contributed by atoms with van der Waals surface area (Å²) in [6.45, 7) is 23.6. The molecule has 0 fully saturated rings. The highest BCUT2D eigenvalue weighted by Gasteiger charge is 2.49. The van der Waals surface area contributed by atoms with Crippen molar-refractivity contribution in [3.63, 3.8) is 0 Å². The van der Waals surface area contributed by atoms with E-state index in [9.17, 15) is 0 Å². The molecule has 8 aromatic rings. The second-order valence-electron chi connectivity index (χ2n) is 20.8. The van der Waals surface area contributed by atoms with Gasteiger partial charge in [0.2, 0.25) is 13.4 Å². The monoisotopic (exact) mass is 822 g/mol.